The summed E-state index contributed by atoms with van der Waals surface area (Å²) in [6.07, 6.45) is 3.42. The van der Waals surface area contributed by atoms with Crippen LogP contribution in [0.25, 0.3) is 5.69 Å². The van der Waals surface area contributed by atoms with Gasteiger partial charge < -0.3 is 9.32 Å². The molecule has 2 aromatic heterocycles. The predicted octanol–water partition coefficient (Wildman–Crippen LogP) is 4.65. The van der Waals surface area contributed by atoms with E-state index >= 15 is 0 Å². The first kappa shape index (κ1) is 17.1. The molecule has 1 aromatic carbocycles. The monoisotopic (exact) mass is 358 g/mol. The van der Waals surface area contributed by atoms with Gasteiger partial charge in [-0.05, 0) is 38.1 Å². The summed E-state index contributed by atoms with van der Waals surface area (Å²) in [5.41, 5.74) is 1.59. The van der Waals surface area contributed by atoms with E-state index in [1.807, 2.05) is 44.3 Å². The number of nitrogens with one attached hydrogen (secondary N) is 1. The number of aryl methyl sites for hydroxylation is 1. The average molecular weight is 359 g/mol. The summed E-state index contributed by atoms with van der Waals surface area (Å²) < 4.78 is 7.02. The lowest BCUT2D eigenvalue weighted by molar-refractivity contribution is 0.200. The molecule has 130 valence electrons. The highest BCUT2D eigenvalue weighted by Crippen LogP contribution is 2.23. The number of rotatable bonds is 4. The Labute approximate surface area is 151 Å². The van der Waals surface area contributed by atoms with Crippen molar-refractivity contribution in [2.24, 2.45) is 0 Å². The summed E-state index contributed by atoms with van der Waals surface area (Å²) in [7, 11) is 1.71. The number of para-hydroxylation sites is 1. The van der Waals surface area contributed by atoms with Crippen molar-refractivity contribution in [2.75, 3.05) is 12.4 Å². The normalized spacial score (nSPS) is 12.0. The lowest BCUT2D eigenvalue weighted by atomic mass is 10.2. The second-order valence-electron chi connectivity index (χ2n) is 5.79. The molecule has 0 saturated carbocycles. The van der Waals surface area contributed by atoms with Crippen molar-refractivity contribution in [1.82, 2.24) is 14.7 Å². The highest BCUT2D eigenvalue weighted by molar-refractivity contribution is 6.32. The van der Waals surface area contributed by atoms with Gasteiger partial charge in [-0.25, -0.2) is 9.48 Å². The van der Waals surface area contributed by atoms with E-state index < -0.39 is 0 Å². The zero-order valence-electron chi connectivity index (χ0n) is 14.2. The molecule has 0 aliphatic carbocycles. The minimum absolute atomic E-state index is 0.194. The summed E-state index contributed by atoms with van der Waals surface area (Å²) in [4.78, 5) is 14.1. The third kappa shape index (κ3) is 3.53. The fourth-order valence-electron chi connectivity index (χ4n) is 2.43. The molecule has 0 bridgehead atoms. The van der Waals surface area contributed by atoms with Crippen LogP contribution in [0.4, 0.5) is 10.6 Å². The van der Waals surface area contributed by atoms with Crippen LogP contribution in [0.2, 0.25) is 5.02 Å². The number of carbonyl (C=O) groups is 1. The Morgan fingerprint density at radius 3 is 2.76 bits per heavy atom. The second-order valence-corrected chi connectivity index (χ2v) is 6.20. The highest BCUT2D eigenvalue weighted by Gasteiger charge is 2.21. The van der Waals surface area contributed by atoms with Gasteiger partial charge in [0.05, 0.1) is 23.0 Å². The van der Waals surface area contributed by atoms with E-state index in [1.165, 1.54) is 0 Å². The van der Waals surface area contributed by atoms with Gasteiger partial charge in [-0.1, -0.05) is 23.7 Å². The molecule has 0 spiro atoms. The number of benzene rings is 1. The number of furan rings is 1. The molecular weight excluding hydrogens is 340 g/mol. The van der Waals surface area contributed by atoms with Gasteiger partial charge in [0.15, 0.2) is 5.82 Å². The quantitative estimate of drug-likeness (QED) is 0.738. The molecule has 2 amide bonds. The first-order valence-electron chi connectivity index (χ1n) is 7.85. The SMILES string of the molecule is Cc1cn(-c2ccccc2Cl)nc1NC(=O)N(C)C(C)c1ccco1. The Bertz CT molecular complexity index is 873. The van der Waals surface area contributed by atoms with Crippen LogP contribution >= 0.6 is 11.6 Å². The van der Waals surface area contributed by atoms with Crippen LogP contribution in [0.15, 0.2) is 53.3 Å². The number of hydrogen-bond acceptors (Lipinski definition) is 3. The first-order valence-corrected chi connectivity index (χ1v) is 8.23. The van der Waals surface area contributed by atoms with Crippen LogP contribution in [-0.2, 0) is 0 Å². The summed E-state index contributed by atoms with van der Waals surface area (Å²) in [6.45, 7) is 3.78. The van der Waals surface area contributed by atoms with Crippen molar-refractivity contribution in [3.8, 4) is 5.69 Å². The largest absolute Gasteiger partial charge is 0.467 e. The smallest absolute Gasteiger partial charge is 0.323 e. The van der Waals surface area contributed by atoms with Crippen LogP contribution in [-0.4, -0.2) is 27.8 Å². The lowest BCUT2D eigenvalue weighted by Crippen LogP contribution is -2.33. The third-order valence-electron chi connectivity index (χ3n) is 4.08. The maximum Gasteiger partial charge on any atom is 0.323 e. The number of nitrogens with zero attached hydrogens (tertiary/aromatic N) is 3. The second kappa shape index (κ2) is 7.03. The molecule has 1 N–H and O–H groups in total. The molecule has 0 radical (unpaired) electrons. The summed E-state index contributed by atoms with van der Waals surface area (Å²) in [5, 5.41) is 7.86. The summed E-state index contributed by atoms with van der Waals surface area (Å²) in [6, 6.07) is 10.6. The Balaban J connectivity index is 1.77. The molecule has 0 aliphatic rings. The van der Waals surface area contributed by atoms with Crippen LogP contribution in [0.3, 0.4) is 0 Å². The van der Waals surface area contributed by atoms with E-state index in [0.717, 1.165) is 17.0 Å². The number of amides is 2. The van der Waals surface area contributed by atoms with E-state index in [0.29, 0.717) is 10.8 Å². The number of hydrogen-bond donors (Lipinski definition) is 1. The molecule has 3 aromatic rings. The zero-order valence-corrected chi connectivity index (χ0v) is 15.0. The van der Waals surface area contributed by atoms with Crippen molar-refractivity contribution in [3.05, 3.63) is 65.2 Å². The number of aromatic nitrogens is 2. The molecule has 25 heavy (non-hydrogen) atoms. The number of halogens is 1. The minimum Gasteiger partial charge on any atom is -0.467 e. The molecule has 0 saturated heterocycles. The molecule has 0 fully saturated rings. The lowest BCUT2D eigenvalue weighted by Gasteiger charge is -2.23. The van der Waals surface area contributed by atoms with Crippen LogP contribution in [0.1, 0.15) is 24.3 Å². The number of urea groups is 1. The minimum atomic E-state index is -0.267. The molecule has 7 heteroatoms. The summed E-state index contributed by atoms with van der Waals surface area (Å²) in [5.74, 6) is 1.21. The van der Waals surface area contributed by atoms with Crippen molar-refractivity contribution in [1.29, 1.82) is 0 Å². The third-order valence-corrected chi connectivity index (χ3v) is 4.40. The number of carbonyl (C=O) groups excluding carboxylic acids is 1. The molecule has 0 aliphatic heterocycles. The van der Waals surface area contributed by atoms with Crippen molar-refractivity contribution in [3.63, 3.8) is 0 Å². The van der Waals surface area contributed by atoms with Crippen LogP contribution < -0.4 is 5.32 Å². The Kier molecular flexibility index (Phi) is 4.81. The fraction of sp³-hybridized carbons (Fsp3) is 0.222. The van der Waals surface area contributed by atoms with Gasteiger partial charge in [0.2, 0.25) is 0 Å². The maximum absolute atomic E-state index is 12.5. The van der Waals surface area contributed by atoms with E-state index in [4.69, 9.17) is 16.0 Å². The molecule has 3 rings (SSSR count). The van der Waals surface area contributed by atoms with Crippen LogP contribution in [0.5, 0.6) is 0 Å². The van der Waals surface area contributed by atoms with E-state index in [1.54, 1.807) is 35.0 Å². The maximum atomic E-state index is 12.5. The van der Waals surface area contributed by atoms with E-state index in [9.17, 15) is 4.79 Å². The highest BCUT2D eigenvalue weighted by atomic mass is 35.5. The average Bonchev–Trinajstić information content (AvgIpc) is 3.24. The Morgan fingerprint density at radius 2 is 2.08 bits per heavy atom. The van der Waals surface area contributed by atoms with Crippen LogP contribution in [0, 0.1) is 6.92 Å². The molecule has 2 heterocycles. The first-order chi connectivity index (χ1) is 12.0. The van der Waals surface area contributed by atoms with Gasteiger partial charge in [-0.3, -0.25) is 5.32 Å². The Morgan fingerprint density at radius 1 is 1.32 bits per heavy atom. The van der Waals surface area contributed by atoms with Gasteiger partial charge in [0, 0.05) is 18.8 Å². The molecular formula is C18H19ClN4O2. The molecule has 6 nitrogen and oxygen atoms in total. The van der Waals surface area contributed by atoms with Gasteiger partial charge in [0.1, 0.15) is 5.76 Å². The fourth-order valence-corrected chi connectivity index (χ4v) is 2.65. The van der Waals surface area contributed by atoms with Crippen molar-refractivity contribution in [2.45, 2.75) is 19.9 Å². The predicted molar refractivity (Wildman–Crippen MR) is 97.2 cm³/mol. The van der Waals surface area contributed by atoms with Crippen molar-refractivity contribution < 1.29 is 9.21 Å². The van der Waals surface area contributed by atoms with Gasteiger partial charge >= 0.3 is 6.03 Å². The Hall–Kier alpha value is -2.73. The molecule has 1 unspecified atom stereocenters. The zero-order chi connectivity index (χ0) is 18.0. The van der Waals surface area contributed by atoms with Gasteiger partial charge in [0.25, 0.3) is 0 Å². The number of anilines is 1. The van der Waals surface area contributed by atoms with Gasteiger partial charge in [-0.15, -0.1) is 5.10 Å². The van der Waals surface area contributed by atoms with Crippen molar-refractivity contribution >= 4 is 23.4 Å². The van der Waals surface area contributed by atoms with E-state index in [2.05, 4.69) is 10.4 Å². The van der Waals surface area contributed by atoms with Gasteiger partial charge in [-0.2, -0.15) is 0 Å². The summed E-state index contributed by atoms with van der Waals surface area (Å²) >= 11 is 6.21. The molecule has 1 atom stereocenters. The standard InChI is InChI=1S/C18H19ClN4O2/c1-12-11-23(15-8-5-4-7-14(15)19)21-17(12)20-18(24)22(3)13(2)16-9-6-10-25-16/h4-11,13H,1-3H3,(H,20,21,24). The van der Waals surface area contributed by atoms with E-state index in [-0.39, 0.29) is 12.1 Å². The topological polar surface area (TPSA) is 63.3 Å².